The van der Waals surface area contributed by atoms with Crippen molar-refractivity contribution >= 4 is 24.0 Å². The highest BCUT2D eigenvalue weighted by molar-refractivity contribution is 6.25. The number of ether oxygens (including phenoxy) is 1. The summed E-state index contributed by atoms with van der Waals surface area (Å²) in [5, 5.41) is 28.8. The lowest BCUT2D eigenvalue weighted by molar-refractivity contribution is -0.120. The van der Waals surface area contributed by atoms with Crippen LogP contribution >= 0.6 is 0 Å². The first-order valence-corrected chi connectivity index (χ1v) is 6.11. The zero-order chi connectivity index (χ0) is 15.4. The van der Waals surface area contributed by atoms with E-state index >= 15 is 0 Å². The highest BCUT2D eigenvalue weighted by atomic mass is 16.6. The molecule has 0 spiro atoms. The van der Waals surface area contributed by atoms with Gasteiger partial charge in [0.15, 0.2) is 12.1 Å². The van der Waals surface area contributed by atoms with Crippen molar-refractivity contribution in [1.29, 1.82) is 0 Å². The van der Waals surface area contributed by atoms with Crippen molar-refractivity contribution in [3.8, 4) is 0 Å². The molecule has 7 N–H and O–H groups in total. The maximum Gasteiger partial charge on any atom is 0.299 e. The van der Waals surface area contributed by atoms with Gasteiger partial charge >= 0.3 is 0 Å². The van der Waals surface area contributed by atoms with Crippen molar-refractivity contribution in [2.24, 2.45) is 26.4 Å². The first kappa shape index (κ1) is 14.0. The summed E-state index contributed by atoms with van der Waals surface area (Å²) in [5.74, 6) is -1.15. The Balaban J connectivity index is 1.93. The van der Waals surface area contributed by atoms with Crippen molar-refractivity contribution in [3.63, 3.8) is 0 Å². The normalized spacial score (nSPS) is 42.1. The summed E-state index contributed by atoms with van der Waals surface area (Å²) in [5.41, 5.74) is 9.45. The number of carbonyl (C=O) groups excluding carboxylic acids is 1. The fourth-order valence-electron chi connectivity index (χ4n) is 2.38. The van der Waals surface area contributed by atoms with Crippen molar-refractivity contribution in [2.75, 3.05) is 6.61 Å². The number of carbonyl (C=O) groups is 1. The summed E-state index contributed by atoms with van der Waals surface area (Å²) < 4.78 is 5.34. The highest BCUT2D eigenvalue weighted by Gasteiger charge is 2.54. The molecule has 11 nitrogen and oxygen atoms in total. The summed E-state index contributed by atoms with van der Waals surface area (Å²) >= 11 is 0. The smallest absolute Gasteiger partial charge is 0.299 e. The number of amides is 1. The van der Waals surface area contributed by atoms with Crippen LogP contribution in [0.15, 0.2) is 15.0 Å². The first-order valence-electron chi connectivity index (χ1n) is 6.11. The Hall–Kier alpha value is -1.92. The maximum absolute atomic E-state index is 11.8. The Morgan fingerprint density at radius 1 is 1.38 bits per heavy atom. The van der Waals surface area contributed by atoms with E-state index in [1.165, 1.54) is 4.90 Å². The summed E-state index contributed by atoms with van der Waals surface area (Å²) in [6, 6.07) is 0. The summed E-state index contributed by atoms with van der Waals surface area (Å²) in [6.45, 7) is -0.484. The lowest BCUT2D eigenvalue weighted by Gasteiger charge is -2.30. The minimum Gasteiger partial charge on any atom is -0.394 e. The monoisotopic (exact) mass is 298 g/mol. The number of aliphatic imine (C=N–C) groups is 3. The number of aliphatic hydroxyl groups excluding tert-OH is 3. The molecule has 0 aromatic rings. The standard InChI is InChI=1S/C10H14N6O5/c11-9-14-7-10(12,8(20)15-9)13-2-16(7)6-5(19)4(18)3(1-17)21-6/h2-6,17-19H,1,12H2,(H2,11,15,20)/t3-,4?,5?,6-,10?/m1/s1. The average Bonchev–Trinajstić information content (AvgIpc) is 2.91. The SMILES string of the molecule is NC1=NC(=O)C2(N)N=CN([C@@H]3O[C@H](CO)C(O)C3O)C2=N1. The molecule has 3 rings (SSSR count). The Morgan fingerprint density at radius 3 is 2.71 bits per heavy atom. The molecular formula is C10H14N6O5. The maximum atomic E-state index is 11.8. The quantitative estimate of drug-likeness (QED) is 0.339. The van der Waals surface area contributed by atoms with E-state index in [4.69, 9.17) is 21.3 Å². The lowest BCUT2D eigenvalue weighted by Crippen LogP contribution is -2.59. The van der Waals surface area contributed by atoms with Crippen LogP contribution in [-0.4, -0.2) is 81.1 Å². The molecule has 21 heavy (non-hydrogen) atoms. The van der Waals surface area contributed by atoms with Crippen molar-refractivity contribution < 1.29 is 24.9 Å². The van der Waals surface area contributed by atoms with E-state index in [0.29, 0.717) is 0 Å². The van der Waals surface area contributed by atoms with Crippen LogP contribution in [0.4, 0.5) is 0 Å². The summed E-state index contributed by atoms with van der Waals surface area (Å²) in [6.07, 6.45) is -3.58. The summed E-state index contributed by atoms with van der Waals surface area (Å²) in [7, 11) is 0. The van der Waals surface area contributed by atoms with E-state index < -0.39 is 42.7 Å². The molecule has 5 atom stereocenters. The number of rotatable bonds is 2. The fraction of sp³-hybridized carbons (Fsp3) is 0.600. The zero-order valence-electron chi connectivity index (χ0n) is 10.7. The zero-order valence-corrected chi connectivity index (χ0v) is 10.7. The third-order valence-electron chi connectivity index (χ3n) is 3.53. The number of aliphatic hydroxyl groups is 3. The van der Waals surface area contributed by atoms with E-state index in [1.807, 2.05) is 0 Å². The molecule has 11 heteroatoms. The van der Waals surface area contributed by atoms with Gasteiger partial charge in [-0.15, -0.1) is 0 Å². The topological polar surface area (TPSA) is 179 Å². The van der Waals surface area contributed by atoms with Crippen molar-refractivity contribution in [3.05, 3.63) is 0 Å². The van der Waals surface area contributed by atoms with E-state index in [-0.39, 0.29) is 11.8 Å². The molecule has 0 aliphatic carbocycles. The molecule has 114 valence electrons. The van der Waals surface area contributed by atoms with E-state index in [9.17, 15) is 15.0 Å². The predicted octanol–water partition coefficient (Wildman–Crippen LogP) is -4.32. The van der Waals surface area contributed by atoms with Crippen molar-refractivity contribution in [1.82, 2.24) is 4.90 Å². The first-order chi connectivity index (χ1) is 9.88. The molecule has 1 fully saturated rings. The van der Waals surface area contributed by atoms with Crippen LogP contribution in [0.3, 0.4) is 0 Å². The fourth-order valence-corrected chi connectivity index (χ4v) is 2.38. The third kappa shape index (κ3) is 1.86. The molecule has 3 heterocycles. The average molecular weight is 298 g/mol. The second-order valence-corrected chi connectivity index (χ2v) is 4.86. The predicted molar refractivity (Wildman–Crippen MR) is 69.1 cm³/mol. The van der Waals surface area contributed by atoms with Gasteiger partial charge in [0.2, 0.25) is 11.6 Å². The second-order valence-electron chi connectivity index (χ2n) is 4.86. The molecule has 0 bridgehead atoms. The number of fused-ring (bicyclic) bond motifs is 1. The van der Waals surface area contributed by atoms with E-state index in [2.05, 4.69) is 15.0 Å². The third-order valence-corrected chi connectivity index (χ3v) is 3.53. The molecular weight excluding hydrogens is 284 g/mol. The second kappa shape index (κ2) is 4.54. The van der Waals surface area contributed by atoms with Gasteiger partial charge in [-0.3, -0.25) is 15.4 Å². The van der Waals surface area contributed by atoms with Crippen LogP contribution in [0.2, 0.25) is 0 Å². The molecule has 3 aliphatic rings. The van der Waals surface area contributed by atoms with Gasteiger partial charge in [-0.1, -0.05) is 0 Å². The Kier molecular flexibility index (Phi) is 3.04. The highest BCUT2D eigenvalue weighted by Crippen LogP contribution is 2.29. The van der Waals surface area contributed by atoms with Gasteiger partial charge in [0, 0.05) is 0 Å². The Labute approximate surface area is 118 Å². The number of nitrogens with zero attached hydrogens (tertiary/aromatic N) is 4. The molecule has 0 saturated carbocycles. The van der Waals surface area contributed by atoms with E-state index in [1.54, 1.807) is 0 Å². The summed E-state index contributed by atoms with van der Waals surface area (Å²) in [4.78, 5) is 24.2. The number of guanidine groups is 1. The van der Waals surface area contributed by atoms with Gasteiger partial charge in [-0.05, 0) is 0 Å². The van der Waals surface area contributed by atoms with Gasteiger partial charge in [-0.2, -0.15) is 9.98 Å². The van der Waals surface area contributed by atoms with Gasteiger partial charge in [0.25, 0.3) is 5.91 Å². The number of amidine groups is 1. The largest absolute Gasteiger partial charge is 0.394 e. The van der Waals surface area contributed by atoms with Crippen LogP contribution in [0, 0.1) is 0 Å². The van der Waals surface area contributed by atoms with Crippen LogP contribution < -0.4 is 11.5 Å². The minimum absolute atomic E-state index is 0.0603. The van der Waals surface area contributed by atoms with Crippen LogP contribution in [0.5, 0.6) is 0 Å². The number of nitrogens with two attached hydrogens (primary N) is 2. The Morgan fingerprint density at radius 2 is 2.10 bits per heavy atom. The molecule has 1 saturated heterocycles. The van der Waals surface area contributed by atoms with Crippen LogP contribution in [-0.2, 0) is 9.53 Å². The van der Waals surface area contributed by atoms with Crippen molar-refractivity contribution in [2.45, 2.75) is 30.2 Å². The molecule has 3 unspecified atom stereocenters. The van der Waals surface area contributed by atoms with E-state index in [0.717, 1.165) is 6.34 Å². The van der Waals surface area contributed by atoms with Gasteiger partial charge in [0.05, 0.1) is 12.9 Å². The van der Waals surface area contributed by atoms with Gasteiger partial charge in [0.1, 0.15) is 18.3 Å². The van der Waals surface area contributed by atoms with Crippen LogP contribution in [0.1, 0.15) is 0 Å². The van der Waals surface area contributed by atoms with Crippen LogP contribution in [0.25, 0.3) is 0 Å². The number of hydrogen-bond donors (Lipinski definition) is 5. The number of hydrogen-bond acceptors (Lipinski definition) is 10. The van der Waals surface area contributed by atoms with Gasteiger partial charge < -0.3 is 25.8 Å². The molecule has 1 amide bonds. The molecule has 3 aliphatic heterocycles. The molecule has 0 radical (unpaired) electrons. The Bertz CT molecular complexity index is 576. The molecule has 0 aromatic carbocycles. The molecule has 0 aromatic heterocycles. The minimum atomic E-state index is -1.83. The van der Waals surface area contributed by atoms with Gasteiger partial charge in [-0.25, -0.2) is 4.99 Å². The lowest BCUT2D eigenvalue weighted by atomic mass is 10.1.